The second kappa shape index (κ2) is 6.65. The Hall–Kier alpha value is -2.62. The van der Waals surface area contributed by atoms with Gasteiger partial charge in [-0.15, -0.1) is 10.2 Å². The Morgan fingerprint density at radius 2 is 1.65 bits per heavy atom. The molecular weight excluding hydrogens is 286 g/mol. The van der Waals surface area contributed by atoms with E-state index in [4.69, 9.17) is 4.42 Å². The van der Waals surface area contributed by atoms with Crippen LogP contribution in [0.1, 0.15) is 23.9 Å². The Balaban J connectivity index is 1.81. The molecule has 1 heterocycles. The summed E-state index contributed by atoms with van der Waals surface area (Å²) in [5.41, 5.74) is 4.65. The quantitative estimate of drug-likeness (QED) is 0.701. The van der Waals surface area contributed by atoms with Crippen LogP contribution in [-0.2, 0) is 6.54 Å². The fraction of sp³-hybridized carbons (Fsp3) is 0.263. The second-order valence-corrected chi connectivity index (χ2v) is 5.73. The van der Waals surface area contributed by atoms with Gasteiger partial charge in [0, 0.05) is 17.8 Å². The highest BCUT2D eigenvalue weighted by atomic mass is 16.4. The van der Waals surface area contributed by atoms with Crippen LogP contribution in [0.25, 0.3) is 11.5 Å². The van der Waals surface area contributed by atoms with E-state index >= 15 is 0 Å². The van der Waals surface area contributed by atoms with Gasteiger partial charge in [-0.2, -0.15) is 0 Å². The van der Waals surface area contributed by atoms with Gasteiger partial charge in [-0.1, -0.05) is 24.3 Å². The Morgan fingerprint density at radius 3 is 2.30 bits per heavy atom. The van der Waals surface area contributed by atoms with Gasteiger partial charge >= 0.3 is 0 Å². The standard InChI is InChI=1S/C19H21N3O/c1-4-22(17-11-14(2)10-15(3)12-17)13-18-20-21-19(23-18)16-8-6-5-7-9-16/h5-12H,4,13H2,1-3H3. The minimum Gasteiger partial charge on any atom is -0.419 e. The van der Waals surface area contributed by atoms with Crippen LogP contribution < -0.4 is 4.90 Å². The maximum absolute atomic E-state index is 5.82. The van der Waals surface area contributed by atoms with Crippen LogP contribution >= 0.6 is 0 Å². The van der Waals surface area contributed by atoms with E-state index in [2.05, 4.69) is 54.1 Å². The van der Waals surface area contributed by atoms with Crippen LogP contribution in [0.5, 0.6) is 0 Å². The van der Waals surface area contributed by atoms with E-state index in [9.17, 15) is 0 Å². The average molecular weight is 307 g/mol. The maximum Gasteiger partial charge on any atom is 0.247 e. The predicted molar refractivity (Wildman–Crippen MR) is 92.4 cm³/mol. The van der Waals surface area contributed by atoms with Crippen LogP contribution in [-0.4, -0.2) is 16.7 Å². The zero-order valence-electron chi connectivity index (χ0n) is 13.8. The van der Waals surface area contributed by atoms with Crippen molar-refractivity contribution in [1.29, 1.82) is 0 Å². The first kappa shape index (κ1) is 15.3. The van der Waals surface area contributed by atoms with Crippen LogP contribution in [0.4, 0.5) is 5.69 Å². The third kappa shape index (κ3) is 3.59. The Kier molecular flexibility index (Phi) is 4.42. The number of aryl methyl sites for hydroxylation is 2. The lowest BCUT2D eigenvalue weighted by molar-refractivity contribution is 0.499. The molecule has 0 N–H and O–H groups in total. The van der Waals surface area contributed by atoms with Crippen molar-refractivity contribution in [3.63, 3.8) is 0 Å². The summed E-state index contributed by atoms with van der Waals surface area (Å²) in [5.74, 6) is 1.20. The van der Waals surface area contributed by atoms with Crippen molar-refractivity contribution >= 4 is 5.69 Å². The highest BCUT2D eigenvalue weighted by Gasteiger charge is 2.13. The topological polar surface area (TPSA) is 42.2 Å². The van der Waals surface area contributed by atoms with Crippen molar-refractivity contribution in [3.8, 4) is 11.5 Å². The maximum atomic E-state index is 5.82. The van der Waals surface area contributed by atoms with E-state index in [1.54, 1.807) is 0 Å². The molecule has 0 unspecified atom stereocenters. The zero-order valence-corrected chi connectivity index (χ0v) is 13.8. The molecular formula is C19H21N3O. The normalized spacial score (nSPS) is 10.7. The lowest BCUT2D eigenvalue weighted by Crippen LogP contribution is -2.22. The molecule has 0 aliphatic heterocycles. The fourth-order valence-electron chi connectivity index (χ4n) is 2.70. The third-order valence-electron chi connectivity index (χ3n) is 3.77. The van der Waals surface area contributed by atoms with Crippen molar-refractivity contribution < 1.29 is 4.42 Å². The molecule has 118 valence electrons. The molecule has 23 heavy (non-hydrogen) atoms. The van der Waals surface area contributed by atoms with E-state index in [0.29, 0.717) is 18.3 Å². The summed E-state index contributed by atoms with van der Waals surface area (Å²) in [4.78, 5) is 2.24. The largest absolute Gasteiger partial charge is 0.419 e. The van der Waals surface area contributed by atoms with Gasteiger partial charge in [-0.05, 0) is 56.2 Å². The average Bonchev–Trinajstić information content (AvgIpc) is 3.01. The van der Waals surface area contributed by atoms with Crippen molar-refractivity contribution in [1.82, 2.24) is 10.2 Å². The summed E-state index contributed by atoms with van der Waals surface area (Å²) in [6.07, 6.45) is 0. The first-order valence-corrected chi connectivity index (χ1v) is 7.86. The smallest absolute Gasteiger partial charge is 0.247 e. The van der Waals surface area contributed by atoms with Crippen molar-refractivity contribution in [3.05, 3.63) is 65.5 Å². The molecule has 4 nitrogen and oxygen atoms in total. The number of nitrogens with zero attached hydrogens (tertiary/aromatic N) is 3. The van der Waals surface area contributed by atoms with E-state index in [1.165, 1.54) is 16.8 Å². The first-order valence-electron chi connectivity index (χ1n) is 7.86. The summed E-state index contributed by atoms with van der Waals surface area (Å²) in [6.45, 7) is 7.85. The van der Waals surface area contributed by atoms with E-state index < -0.39 is 0 Å². The molecule has 0 saturated heterocycles. The molecule has 0 saturated carbocycles. The lowest BCUT2D eigenvalue weighted by atomic mass is 10.1. The van der Waals surface area contributed by atoms with Crippen LogP contribution in [0, 0.1) is 13.8 Å². The summed E-state index contributed by atoms with van der Waals surface area (Å²) >= 11 is 0. The monoisotopic (exact) mass is 307 g/mol. The fourth-order valence-corrected chi connectivity index (χ4v) is 2.70. The Bertz CT molecular complexity index is 760. The van der Waals surface area contributed by atoms with Gasteiger partial charge in [0.2, 0.25) is 11.8 Å². The minimum absolute atomic E-state index is 0.567. The number of benzene rings is 2. The highest BCUT2D eigenvalue weighted by Crippen LogP contribution is 2.22. The molecule has 2 aromatic carbocycles. The van der Waals surface area contributed by atoms with Crippen molar-refractivity contribution in [2.75, 3.05) is 11.4 Å². The minimum atomic E-state index is 0.567. The van der Waals surface area contributed by atoms with Gasteiger partial charge in [-0.3, -0.25) is 0 Å². The van der Waals surface area contributed by atoms with Gasteiger partial charge in [0.25, 0.3) is 0 Å². The van der Waals surface area contributed by atoms with E-state index in [-0.39, 0.29) is 0 Å². The highest BCUT2D eigenvalue weighted by molar-refractivity contribution is 5.52. The van der Waals surface area contributed by atoms with Gasteiger partial charge in [0.05, 0.1) is 6.54 Å². The third-order valence-corrected chi connectivity index (χ3v) is 3.77. The summed E-state index contributed by atoms with van der Waals surface area (Å²) in [7, 11) is 0. The predicted octanol–water partition coefficient (Wildman–Crippen LogP) is 4.38. The van der Waals surface area contributed by atoms with Crippen molar-refractivity contribution in [2.45, 2.75) is 27.3 Å². The SMILES string of the molecule is CCN(Cc1nnc(-c2ccccc2)o1)c1cc(C)cc(C)c1. The van der Waals surface area contributed by atoms with Gasteiger partial charge in [0.1, 0.15) is 0 Å². The molecule has 0 radical (unpaired) electrons. The molecule has 4 heteroatoms. The van der Waals surface area contributed by atoms with E-state index in [0.717, 1.165) is 12.1 Å². The summed E-state index contributed by atoms with van der Waals surface area (Å²) in [6, 6.07) is 16.4. The molecule has 3 rings (SSSR count). The molecule has 0 spiro atoms. The van der Waals surface area contributed by atoms with Crippen LogP contribution in [0.15, 0.2) is 52.9 Å². The molecule has 1 aromatic heterocycles. The lowest BCUT2D eigenvalue weighted by Gasteiger charge is -2.22. The molecule has 0 fully saturated rings. The molecule has 0 amide bonds. The number of hydrogen-bond donors (Lipinski definition) is 0. The summed E-state index contributed by atoms with van der Waals surface area (Å²) < 4.78 is 5.82. The second-order valence-electron chi connectivity index (χ2n) is 5.73. The van der Waals surface area contributed by atoms with E-state index in [1.807, 2.05) is 30.3 Å². The molecule has 0 bridgehead atoms. The van der Waals surface area contributed by atoms with Gasteiger partial charge in [0.15, 0.2) is 0 Å². The number of rotatable bonds is 5. The molecule has 0 aliphatic rings. The first-order chi connectivity index (χ1) is 11.2. The number of aromatic nitrogens is 2. The van der Waals surface area contributed by atoms with Crippen molar-refractivity contribution in [2.24, 2.45) is 0 Å². The van der Waals surface area contributed by atoms with Gasteiger partial charge < -0.3 is 9.32 Å². The molecule has 0 atom stereocenters. The number of anilines is 1. The van der Waals surface area contributed by atoms with Crippen LogP contribution in [0.2, 0.25) is 0 Å². The molecule has 3 aromatic rings. The number of hydrogen-bond acceptors (Lipinski definition) is 4. The van der Waals surface area contributed by atoms with Crippen LogP contribution in [0.3, 0.4) is 0 Å². The molecule has 0 aliphatic carbocycles. The van der Waals surface area contributed by atoms with Gasteiger partial charge in [-0.25, -0.2) is 0 Å². The summed E-state index contributed by atoms with van der Waals surface area (Å²) in [5, 5.41) is 8.35. The zero-order chi connectivity index (χ0) is 16.2. The Labute approximate surface area is 136 Å². The Morgan fingerprint density at radius 1 is 0.957 bits per heavy atom.